The van der Waals surface area contributed by atoms with Gasteiger partial charge in [0.1, 0.15) is 5.84 Å². The van der Waals surface area contributed by atoms with Crippen LogP contribution in [0.1, 0.15) is 40.5 Å². The summed E-state index contributed by atoms with van der Waals surface area (Å²) < 4.78 is 26.8. The third-order valence-electron chi connectivity index (χ3n) is 3.71. The second-order valence-corrected chi connectivity index (χ2v) is 8.03. The lowest BCUT2D eigenvalue weighted by molar-refractivity contribution is 0.361. The van der Waals surface area contributed by atoms with Crippen LogP contribution < -0.4 is 4.72 Å². The van der Waals surface area contributed by atoms with Crippen LogP contribution in [0, 0.1) is 5.41 Å². The molecule has 0 aromatic heterocycles. The van der Waals surface area contributed by atoms with Crippen molar-refractivity contribution in [3.8, 4) is 0 Å². The van der Waals surface area contributed by atoms with E-state index in [1.54, 1.807) is 6.08 Å². The molecule has 0 spiro atoms. The molecule has 1 aliphatic carbocycles. The van der Waals surface area contributed by atoms with Crippen molar-refractivity contribution in [3.05, 3.63) is 11.6 Å². The number of amidine groups is 1. The van der Waals surface area contributed by atoms with E-state index < -0.39 is 14.8 Å². The molecule has 0 atom stereocenters. The first-order valence-corrected chi connectivity index (χ1v) is 7.40. The zero-order valence-corrected chi connectivity index (χ0v) is 11.7. The number of aliphatic imine (C=N–C) groups is 1. The van der Waals surface area contributed by atoms with Gasteiger partial charge in [-0.1, -0.05) is 20.8 Å². The van der Waals surface area contributed by atoms with Crippen LogP contribution in [0.4, 0.5) is 0 Å². The lowest BCUT2D eigenvalue weighted by Crippen LogP contribution is -2.45. The number of hydrogen-bond donors (Lipinski definition) is 1. The highest BCUT2D eigenvalue weighted by molar-refractivity contribution is 7.91. The van der Waals surface area contributed by atoms with E-state index >= 15 is 0 Å². The monoisotopic (exact) mass is 256 g/mol. The van der Waals surface area contributed by atoms with Crippen LogP contribution in [0.25, 0.3) is 0 Å². The number of nitrogens with one attached hydrogen (secondary N) is 1. The summed E-state index contributed by atoms with van der Waals surface area (Å²) in [6.07, 6.45) is 3.28. The van der Waals surface area contributed by atoms with E-state index in [-0.39, 0.29) is 5.41 Å². The fourth-order valence-corrected chi connectivity index (χ4v) is 4.41. The maximum absolute atomic E-state index is 12.4. The molecule has 0 saturated heterocycles. The molecule has 1 fully saturated rings. The van der Waals surface area contributed by atoms with Gasteiger partial charge in [-0.15, -0.1) is 0 Å². The summed E-state index contributed by atoms with van der Waals surface area (Å²) in [6.45, 7) is 8.49. The topological polar surface area (TPSA) is 58.5 Å². The molecular formula is C12H20N2O2S. The Balaban J connectivity index is 2.22. The highest BCUT2D eigenvalue weighted by Gasteiger charge is 2.62. The molecule has 1 aliphatic heterocycles. The smallest absolute Gasteiger partial charge is 0.240 e. The first-order chi connectivity index (χ1) is 7.68. The van der Waals surface area contributed by atoms with Gasteiger partial charge in [-0.05, 0) is 36.8 Å². The van der Waals surface area contributed by atoms with Gasteiger partial charge in [0.25, 0.3) is 0 Å². The minimum Gasteiger partial charge on any atom is -0.267 e. The van der Waals surface area contributed by atoms with Crippen molar-refractivity contribution in [3.63, 3.8) is 0 Å². The van der Waals surface area contributed by atoms with Gasteiger partial charge in [0.15, 0.2) is 0 Å². The van der Waals surface area contributed by atoms with Crippen LogP contribution in [-0.2, 0) is 10.0 Å². The van der Waals surface area contributed by atoms with Crippen LogP contribution in [0.15, 0.2) is 16.6 Å². The number of rotatable bonds is 2. The van der Waals surface area contributed by atoms with E-state index in [0.29, 0.717) is 12.4 Å². The number of hydrogen-bond acceptors (Lipinski definition) is 3. The Bertz CT molecular complexity index is 491. The molecule has 1 N–H and O–H groups in total. The van der Waals surface area contributed by atoms with Crippen LogP contribution in [0.3, 0.4) is 0 Å². The van der Waals surface area contributed by atoms with Gasteiger partial charge in [0.05, 0.1) is 11.3 Å². The molecule has 0 amide bonds. The van der Waals surface area contributed by atoms with Gasteiger partial charge in [-0.25, -0.2) is 8.42 Å². The molecule has 1 heterocycles. The minimum atomic E-state index is -3.34. The zero-order valence-electron chi connectivity index (χ0n) is 10.9. The Morgan fingerprint density at radius 2 is 1.94 bits per heavy atom. The van der Waals surface area contributed by atoms with Crippen LogP contribution in [-0.4, -0.2) is 25.5 Å². The van der Waals surface area contributed by atoms with Crippen molar-refractivity contribution in [1.82, 2.24) is 4.72 Å². The second kappa shape index (κ2) is 3.57. The van der Waals surface area contributed by atoms with Gasteiger partial charge in [0.2, 0.25) is 10.0 Å². The maximum atomic E-state index is 12.4. The van der Waals surface area contributed by atoms with Crippen molar-refractivity contribution in [2.45, 2.75) is 45.3 Å². The summed E-state index contributed by atoms with van der Waals surface area (Å²) >= 11 is 0. The highest BCUT2D eigenvalue weighted by Crippen LogP contribution is 2.55. The van der Waals surface area contributed by atoms with E-state index in [9.17, 15) is 8.42 Å². The van der Waals surface area contributed by atoms with Crippen molar-refractivity contribution < 1.29 is 8.42 Å². The summed E-state index contributed by atoms with van der Waals surface area (Å²) in [7, 11) is -3.34. The largest absolute Gasteiger partial charge is 0.267 e. The van der Waals surface area contributed by atoms with Gasteiger partial charge in [-0.2, -0.15) is 0 Å². The van der Waals surface area contributed by atoms with Crippen LogP contribution >= 0.6 is 0 Å². The molecule has 0 aromatic rings. The second-order valence-electron chi connectivity index (χ2n) is 6.04. The van der Waals surface area contributed by atoms with E-state index in [1.165, 1.54) is 0 Å². The Morgan fingerprint density at radius 3 is 2.29 bits per heavy atom. The van der Waals surface area contributed by atoms with E-state index in [4.69, 9.17) is 0 Å². The van der Waals surface area contributed by atoms with E-state index in [1.807, 2.05) is 27.7 Å². The minimum absolute atomic E-state index is 0.239. The SMILES string of the molecule is CC1=CC(NS(=O)(=O)C2(C(C)(C)C)CC2)=NC1. The average molecular weight is 256 g/mol. The Labute approximate surface area is 103 Å². The molecule has 4 nitrogen and oxygen atoms in total. The van der Waals surface area contributed by atoms with Crippen molar-refractivity contribution >= 4 is 15.9 Å². The molecule has 0 radical (unpaired) electrons. The molecule has 0 bridgehead atoms. The molecule has 0 unspecified atom stereocenters. The first kappa shape index (κ1) is 12.6. The molecular weight excluding hydrogens is 236 g/mol. The number of sulfonamides is 1. The Kier molecular flexibility index (Phi) is 2.65. The summed E-state index contributed by atoms with van der Waals surface area (Å²) in [5.41, 5.74) is 0.847. The lowest BCUT2D eigenvalue weighted by Gasteiger charge is -2.30. The normalized spacial score (nSPS) is 23.1. The lowest BCUT2D eigenvalue weighted by atomic mass is 9.90. The Hall–Kier alpha value is -0.840. The third kappa shape index (κ3) is 2.01. The summed E-state index contributed by atoms with van der Waals surface area (Å²) in [5, 5.41) is 0. The zero-order chi connectivity index (χ0) is 12.9. The quantitative estimate of drug-likeness (QED) is 0.819. The molecule has 96 valence electrons. The fourth-order valence-electron chi connectivity index (χ4n) is 2.37. The molecule has 2 rings (SSSR count). The first-order valence-electron chi connectivity index (χ1n) is 5.92. The summed E-state index contributed by atoms with van der Waals surface area (Å²) in [4.78, 5) is 4.16. The average Bonchev–Trinajstić information content (AvgIpc) is 2.87. The molecule has 0 aromatic carbocycles. The van der Waals surface area contributed by atoms with Crippen molar-refractivity contribution in [2.24, 2.45) is 10.4 Å². The molecule has 1 saturated carbocycles. The van der Waals surface area contributed by atoms with E-state index in [0.717, 1.165) is 18.4 Å². The molecule has 17 heavy (non-hydrogen) atoms. The van der Waals surface area contributed by atoms with Crippen LogP contribution in [0.5, 0.6) is 0 Å². The van der Waals surface area contributed by atoms with Crippen molar-refractivity contribution in [2.75, 3.05) is 6.54 Å². The predicted molar refractivity (Wildman–Crippen MR) is 69.5 cm³/mol. The van der Waals surface area contributed by atoms with E-state index in [2.05, 4.69) is 9.71 Å². The number of nitrogens with zero attached hydrogens (tertiary/aromatic N) is 1. The van der Waals surface area contributed by atoms with Gasteiger partial charge < -0.3 is 0 Å². The highest BCUT2D eigenvalue weighted by atomic mass is 32.2. The molecule has 2 aliphatic rings. The predicted octanol–water partition coefficient (Wildman–Crippen LogP) is 1.84. The Morgan fingerprint density at radius 1 is 1.35 bits per heavy atom. The fraction of sp³-hybridized carbons (Fsp3) is 0.750. The van der Waals surface area contributed by atoms with Gasteiger partial charge in [0, 0.05) is 0 Å². The summed E-state index contributed by atoms with van der Waals surface area (Å²) in [5.74, 6) is 0.484. The van der Waals surface area contributed by atoms with Crippen LogP contribution in [0.2, 0.25) is 0 Å². The van der Waals surface area contributed by atoms with Crippen molar-refractivity contribution in [1.29, 1.82) is 0 Å². The van der Waals surface area contributed by atoms with Gasteiger partial charge >= 0.3 is 0 Å². The standard InChI is InChI=1S/C12H20N2O2S/c1-9-7-10(13-8-9)14-17(15,16)12(5-6-12)11(2,3)4/h7H,5-6,8H2,1-4H3,(H,13,14). The molecule has 5 heteroatoms. The maximum Gasteiger partial charge on any atom is 0.240 e. The van der Waals surface area contributed by atoms with Gasteiger partial charge in [-0.3, -0.25) is 9.71 Å². The third-order valence-corrected chi connectivity index (χ3v) is 6.23. The summed E-state index contributed by atoms with van der Waals surface area (Å²) in [6, 6.07) is 0.